The summed E-state index contributed by atoms with van der Waals surface area (Å²) in [5, 5.41) is 20.4. The maximum atomic E-state index is 14.6. The van der Waals surface area contributed by atoms with Gasteiger partial charge in [0.15, 0.2) is 11.0 Å². The number of thioether (sulfide) groups is 1. The number of nitriles is 1. The maximum absolute atomic E-state index is 14.6. The Hall–Kier alpha value is -4.03. The number of benzene rings is 2. The van der Waals surface area contributed by atoms with Gasteiger partial charge in [0.1, 0.15) is 5.82 Å². The Kier molecular flexibility index (Phi) is 6.01. The third kappa shape index (κ3) is 4.60. The molecule has 2 aromatic heterocycles. The number of carbonyl (C=O) groups excluding carboxylic acids is 1. The highest BCUT2D eigenvalue weighted by atomic mass is 32.2. The number of para-hydroxylation sites is 1. The summed E-state index contributed by atoms with van der Waals surface area (Å²) in [4.78, 5) is 16.5. The molecule has 4 aromatic rings. The summed E-state index contributed by atoms with van der Waals surface area (Å²) in [5.74, 6) is -0.232. The fourth-order valence-electron chi connectivity index (χ4n) is 2.85. The van der Waals surface area contributed by atoms with Gasteiger partial charge in [-0.25, -0.2) is 4.39 Å². The molecule has 31 heavy (non-hydrogen) atoms. The van der Waals surface area contributed by atoms with Crippen LogP contribution in [0.5, 0.6) is 0 Å². The number of hydrogen-bond acceptors (Lipinski definition) is 6. The third-order valence-electron chi connectivity index (χ3n) is 4.28. The molecule has 0 radical (unpaired) electrons. The summed E-state index contributed by atoms with van der Waals surface area (Å²) in [6.45, 7) is 0. The number of carbonyl (C=O) groups is 1. The molecular weight excluding hydrogens is 415 g/mol. The molecule has 0 fully saturated rings. The normalized spacial score (nSPS) is 10.5. The number of nitrogens with one attached hydrogen (secondary N) is 1. The van der Waals surface area contributed by atoms with Crippen LogP contribution >= 0.6 is 11.8 Å². The molecule has 7 nitrogen and oxygen atoms in total. The molecule has 0 saturated carbocycles. The van der Waals surface area contributed by atoms with Gasteiger partial charge in [-0.1, -0.05) is 23.9 Å². The lowest BCUT2D eigenvalue weighted by Crippen LogP contribution is -2.14. The van der Waals surface area contributed by atoms with E-state index in [1.54, 1.807) is 71.6 Å². The fraction of sp³-hybridized carbons (Fsp3) is 0.0455. The van der Waals surface area contributed by atoms with E-state index in [0.29, 0.717) is 27.8 Å². The fourth-order valence-corrected chi connectivity index (χ4v) is 3.60. The minimum Gasteiger partial charge on any atom is -0.325 e. The van der Waals surface area contributed by atoms with Gasteiger partial charge in [-0.15, -0.1) is 10.2 Å². The average molecular weight is 430 g/mol. The zero-order chi connectivity index (χ0) is 21.6. The van der Waals surface area contributed by atoms with Gasteiger partial charge in [-0.2, -0.15) is 5.26 Å². The zero-order valence-electron chi connectivity index (χ0n) is 16.1. The van der Waals surface area contributed by atoms with Crippen molar-refractivity contribution in [1.82, 2.24) is 19.7 Å². The maximum Gasteiger partial charge on any atom is 0.234 e. The summed E-state index contributed by atoms with van der Waals surface area (Å²) < 4.78 is 16.1. The Morgan fingerprint density at radius 2 is 1.90 bits per heavy atom. The van der Waals surface area contributed by atoms with Crippen LogP contribution in [0.25, 0.3) is 17.1 Å². The summed E-state index contributed by atoms with van der Waals surface area (Å²) in [5.41, 5.74) is 2.04. The van der Waals surface area contributed by atoms with Gasteiger partial charge in [-0.3, -0.25) is 14.3 Å². The van der Waals surface area contributed by atoms with Crippen LogP contribution in [0.3, 0.4) is 0 Å². The van der Waals surface area contributed by atoms with Gasteiger partial charge in [-0.05, 0) is 48.5 Å². The van der Waals surface area contributed by atoms with Crippen LogP contribution < -0.4 is 5.32 Å². The van der Waals surface area contributed by atoms with Gasteiger partial charge in [0.05, 0.1) is 23.1 Å². The van der Waals surface area contributed by atoms with Crippen LogP contribution in [0.15, 0.2) is 78.2 Å². The second-order valence-corrected chi connectivity index (χ2v) is 7.30. The molecule has 4 rings (SSSR count). The van der Waals surface area contributed by atoms with Crippen molar-refractivity contribution in [1.29, 1.82) is 5.26 Å². The van der Waals surface area contributed by atoms with Crippen molar-refractivity contribution < 1.29 is 9.18 Å². The van der Waals surface area contributed by atoms with E-state index in [1.807, 2.05) is 6.07 Å². The van der Waals surface area contributed by atoms with Crippen molar-refractivity contribution in [3.8, 4) is 23.1 Å². The molecule has 0 unspecified atom stereocenters. The van der Waals surface area contributed by atoms with Gasteiger partial charge in [0.2, 0.25) is 5.91 Å². The number of nitrogens with zero attached hydrogens (tertiary/aromatic N) is 5. The van der Waals surface area contributed by atoms with Gasteiger partial charge in [0.25, 0.3) is 0 Å². The largest absolute Gasteiger partial charge is 0.325 e. The number of rotatable bonds is 6. The Balaban J connectivity index is 1.58. The zero-order valence-corrected chi connectivity index (χ0v) is 16.9. The third-order valence-corrected chi connectivity index (χ3v) is 5.21. The summed E-state index contributed by atoms with van der Waals surface area (Å²) in [6, 6.07) is 18.4. The Morgan fingerprint density at radius 3 is 2.61 bits per heavy atom. The van der Waals surface area contributed by atoms with Crippen molar-refractivity contribution in [3.05, 3.63) is 84.4 Å². The van der Waals surface area contributed by atoms with E-state index in [2.05, 4.69) is 20.5 Å². The standard InChI is InChI=1S/C22H15FN6OS/c23-18-5-1-2-6-19(18)29-21(16-4-3-11-25-13-16)27-28-22(29)31-14-20(30)26-17-9-7-15(12-24)8-10-17/h1-11,13H,14H2,(H,26,30). The number of anilines is 1. The molecule has 0 aliphatic heterocycles. The summed E-state index contributed by atoms with van der Waals surface area (Å²) in [7, 11) is 0. The van der Waals surface area contributed by atoms with Crippen LogP contribution in [-0.2, 0) is 4.79 Å². The second kappa shape index (κ2) is 9.19. The highest BCUT2D eigenvalue weighted by Crippen LogP contribution is 2.29. The molecule has 152 valence electrons. The molecular formula is C22H15FN6OS. The molecule has 0 atom stereocenters. The molecule has 0 aliphatic rings. The van der Waals surface area contributed by atoms with Crippen molar-refractivity contribution in [2.24, 2.45) is 0 Å². The highest BCUT2D eigenvalue weighted by molar-refractivity contribution is 7.99. The van der Waals surface area contributed by atoms with Gasteiger partial charge in [0, 0.05) is 23.6 Å². The first-order valence-corrected chi connectivity index (χ1v) is 10.2. The van der Waals surface area contributed by atoms with E-state index in [1.165, 1.54) is 6.07 Å². The molecule has 1 amide bonds. The first kappa shape index (κ1) is 20.3. The number of amides is 1. The lowest BCUT2D eigenvalue weighted by molar-refractivity contribution is -0.113. The van der Waals surface area contributed by atoms with E-state index in [-0.39, 0.29) is 17.3 Å². The topological polar surface area (TPSA) is 96.5 Å². The minimum atomic E-state index is -0.434. The van der Waals surface area contributed by atoms with Crippen LogP contribution in [-0.4, -0.2) is 31.4 Å². The van der Waals surface area contributed by atoms with E-state index >= 15 is 0 Å². The Morgan fingerprint density at radius 1 is 1.10 bits per heavy atom. The van der Waals surface area contributed by atoms with Crippen LogP contribution in [0.4, 0.5) is 10.1 Å². The highest BCUT2D eigenvalue weighted by Gasteiger charge is 2.19. The van der Waals surface area contributed by atoms with Crippen LogP contribution in [0.2, 0.25) is 0 Å². The van der Waals surface area contributed by atoms with Crippen molar-refractivity contribution in [2.75, 3.05) is 11.1 Å². The quantitative estimate of drug-likeness (QED) is 0.463. The number of aromatic nitrogens is 4. The number of pyridine rings is 1. The SMILES string of the molecule is N#Cc1ccc(NC(=O)CSc2nnc(-c3cccnc3)n2-c2ccccc2F)cc1. The molecule has 0 spiro atoms. The van der Waals surface area contributed by atoms with E-state index in [0.717, 1.165) is 11.8 Å². The van der Waals surface area contributed by atoms with E-state index in [4.69, 9.17) is 5.26 Å². The lowest BCUT2D eigenvalue weighted by atomic mass is 10.2. The van der Waals surface area contributed by atoms with Crippen LogP contribution in [0, 0.1) is 17.1 Å². The molecule has 0 saturated heterocycles. The van der Waals surface area contributed by atoms with Crippen LogP contribution in [0.1, 0.15) is 5.56 Å². The van der Waals surface area contributed by atoms with Crippen molar-refractivity contribution >= 4 is 23.4 Å². The summed E-state index contributed by atoms with van der Waals surface area (Å²) >= 11 is 1.14. The van der Waals surface area contributed by atoms with Crippen molar-refractivity contribution in [2.45, 2.75) is 5.16 Å². The first-order valence-electron chi connectivity index (χ1n) is 9.19. The van der Waals surface area contributed by atoms with Gasteiger partial charge < -0.3 is 5.32 Å². The predicted molar refractivity (Wildman–Crippen MR) is 115 cm³/mol. The van der Waals surface area contributed by atoms with E-state index in [9.17, 15) is 9.18 Å². The Labute approximate surface area is 181 Å². The smallest absolute Gasteiger partial charge is 0.234 e. The molecule has 1 N–H and O–H groups in total. The minimum absolute atomic E-state index is 0.0413. The monoisotopic (exact) mass is 430 g/mol. The second-order valence-electron chi connectivity index (χ2n) is 6.36. The van der Waals surface area contributed by atoms with Gasteiger partial charge >= 0.3 is 0 Å². The van der Waals surface area contributed by atoms with E-state index < -0.39 is 5.82 Å². The molecule has 9 heteroatoms. The molecule has 0 aliphatic carbocycles. The van der Waals surface area contributed by atoms with Crippen molar-refractivity contribution in [3.63, 3.8) is 0 Å². The molecule has 2 aromatic carbocycles. The average Bonchev–Trinajstić information content (AvgIpc) is 3.23. The number of hydrogen-bond donors (Lipinski definition) is 1. The molecule has 2 heterocycles. The number of halogens is 1. The summed E-state index contributed by atoms with van der Waals surface area (Å²) in [6.07, 6.45) is 3.25. The first-order chi connectivity index (χ1) is 15.2. The Bertz CT molecular complexity index is 1250. The lowest BCUT2D eigenvalue weighted by Gasteiger charge is -2.11. The predicted octanol–water partition coefficient (Wildman–Crippen LogP) is 4.07. The molecule has 0 bridgehead atoms.